The van der Waals surface area contributed by atoms with Crippen LogP contribution >= 0.6 is 0 Å². The highest BCUT2D eigenvalue weighted by Crippen LogP contribution is 2.44. The predicted molar refractivity (Wildman–Crippen MR) is 139 cm³/mol. The fourth-order valence-corrected chi connectivity index (χ4v) is 7.43. The molecular weight excluding hydrogens is 534 g/mol. The Morgan fingerprint density at radius 1 is 0.921 bits per heavy atom. The second-order valence-electron chi connectivity index (χ2n) is 9.60. The molecule has 5 rings (SSSR count). The van der Waals surface area contributed by atoms with E-state index in [0.29, 0.717) is 0 Å². The van der Waals surface area contributed by atoms with E-state index in [0.717, 1.165) is 46.4 Å². The largest absolute Gasteiger partial charge is 0.483 e. The zero-order valence-electron chi connectivity index (χ0n) is 20.9. The Labute approximate surface area is 224 Å². The van der Waals surface area contributed by atoms with Crippen molar-refractivity contribution in [1.29, 1.82) is 0 Å². The maximum atomic E-state index is 13.9. The molecule has 0 spiro atoms. The van der Waals surface area contributed by atoms with E-state index in [1.54, 1.807) is 12.1 Å². The molecular formula is C28H29F2O6S2+. The number of ether oxygens (including phenoxy) is 3. The summed E-state index contributed by atoms with van der Waals surface area (Å²) in [6.07, 6.45) is 1.35. The highest BCUT2D eigenvalue weighted by Gasteiger charge is 2.51. The summed E-state index contributed by atoms with van der Waals surface area (Å²) in [4.78, 5) is 3.02. The molecule has 3 aromatic rings. The minimum atomic E-state index is -5.61. The Bertz CT molecular complexity index is 1350. The normalized spacial score (nSPS) is 25.1. The van der Waals surface area contributed by atoms with Gasteiger partial charge in [0.05, 0.1) is 23.1 Å². The summed E-state index contributed by atoms with van der Waals surface area (Å²) in [6, 6.07) is 24.6. The quantitative estimate of drug-likeness (QED) is 0.261. The number of rotatable bonds is 8. The van der Waals surface area contributed by atoms with Crippen molar-refractivity contribution in [1.82, 2.24) is 0 Å². The molecule has 6 nitrogen and oxygen atoms in total. The van der Waals surface area contributed by atoms with Crippen LogP contribution in [0.5, 0.6) is 5.75 Å². The minimum absolute atomic E-state index is 0.0607. The molecule has 0 amide bonds. The van der Waals surface area contributed by atoms with Gasteiger partial charge in [0, 0.05) is 5.56 Å². The van der Waals surface area contributed by atoms with E-state index in [1.165, 1.54) is 12.1 Å². The van der Waals surface area contributed by atoms with Crippen LogP contribution in [0.25, 0.3) is 0 Å². The van der Waals surface area contributed by atoms with Crippen LogP contribution in [0, 0.1) is 0 Å². The molecule has 10 heteroatoms. The van der Waals surface area contributed by atoms with Crippen molar-refractivity contribution >= 4 is 21.0 Å². The van der Waals surface area contributed by atoms with Gasteiger partial charge in [0.2, 0.25) is 0 Å². The van der Waals surface area contributed by atoms with Gasteiger partial charge in [-0.05, 0) is 93.8 Å². The second kappa shape index (κ2) is 10.2. The summed E-state index contributed by atoms with van der Waals surface area (Å²) in [5.41, 5.74) is 0.949. The molecule has 1 saturated carbocycles. The predicted octanol–water partition coefficient (Wildman–Crippen LogP) is 6.17. The van der Waals surface area contributed by atoms with Crippen LogP contribution < -0.4 is 4.74 Å². The Morgan fingerprint density at radius 2 is 1.42 bits per heavy atom. The molecule has 0 radical (unpaired) electrons. The lowest BCUT2D eigenvalue weighted by Crippen LogP contribution is -2.42. The number of fused-ring (bicyclic) bond motifs is 1. The molecule has 0 bridgehead atoms. The molecule has 2 aliphatic rings. The molecule has 1 aliphatic carbocycles. The second-order valence-corrected chi connectivity index (χ2v) is 13.1. The highest BCUT2D eigenvalue weighted by molar-refractivity contribution is 7.97. The summed E-state index contributed by atoms with van der Waals surface area (Å²) in [7, 11) is -6.12. The van der Waals surface area contributed by atoms with Crippen LogP contribution in [0.2, 0.25) is 0 Å². The Kier molecular flexibility index (Phi) is 7.30. The van der Waals surface area contributed by atoms with Crippen LogP contribution in [0.4, 0.5) is 8.78 Å². The van der Waals surface area contributed by atoms with E-state index in [1.807, 2.05) is 49.4 Å². The fourth-order valence-electron chi connectivity index (χ4n) is 4.90. The topological polar surface area (TPSA) is 82.1 Å². The Balaban J connectivity index is 1.40. The molecule has 2 fully saturated rings. The first-order chi connectivity index (χ1) is 18.0. The smallest absolute Gasteiger partial charge is 0.405 e. The van der Waals surface area contributed by atoms with Crippen molar-refractivity contribution < 1.29 is 36.0 Å². The van der Waals surface area contributed by atoms with Gasteiger partial charge in [0.1, 0.15) is 5.75 Å². The molecule has 38 heavy (non-hydrogen) atoms. The zero-order chi connectivity index (χ0) is 27.1. The van der Waals surface area contributed by atoms with Crippen LogP contribution in [-0.4, -0.2) is 36.5 Å². The molecule has 1 saturated heterocycles. The summed E-state index contributed by atoms with van der Waals surface area (Å²) >= 11 is 0. The third kappa shape index (κ3) is 5.20. The third-order valence-corrected chi connectivity index (χ3v) is 10.2. The molecule has 202 valence electrons. The van der Waals surface area contributed by atoms with E-state index in [2.05, 4.69) is 12.1 Å². The molecule has 1 aliphatic heterocycles. The summed E-state index contributed by atoms with van der Waals surface area (Å²) < 4.78 is 76.4. The van der Waals surface area contributed by atoms with Gasteiger partial charge in [-0.3, -0.25) is 4.55 Å². The van der Waals surface area contributed by atoms with Crippen LogP contribution in [0.15, 0.2) is 93.5 Å². The van der Waals surface area contributed by atoms with Crippen molar-refractivity contribution in [3.8, 4) is 5.75 Å². The van der Waals surface area contributed by atoms with Gasteiger partial charge in [-0.25, -0.2) is 0 Å². The van der Waals surface area contributed by atoms with Crippen LogP contribution in [0.1, 0.15) is 38.7 Å². The summed E-state index contributed by atoms with van der Waals surface area (Å²) in [5.74, 6) is -0.718. The zero-order valence-corrected chi connectivity index (χ0v) is 22.6. The summed E-state index contributed by atoms with van der Waals surface area (Å²) in [6.45, 7) is 2.85. The number of hydrogen-bond donors (Lipinski definition) is 1. The number of halogens is 2. The molecule has 3 aromatic carbocycles. The van der Waals surface area contributed by atoms with Crippen molar-refractivity contribution in [2.75, 3.05) is 0 Å². The first-order valence-corrected chi connectivity index (χ1v) is 15.0. The van der Waals surface area contributed by atoms with E-state index < -0.39 is 38.2 Å². The van der Waals surface area contributed by atoms with Gasteiger partial charge in [0.15, 0.2) is 26.6 Å². The van der Waals surface area contributed by atoms with Crippen molar-refractivity contribution in [3.63, 3.8) is 0 Å². The number of alkyl halides is 2. The molecule has 1 heterocycles. The molecule has 4 unspecified atom stereocenters. The number of hydrogen-bond acceptors (Lipinski definition) is 5. The first-order valence-electron chi connectivity index (χ1n) is 12.3. The van der Waals surface area contributed by atoms with E-state index in [4.69, 9.17) is 18.8 Å². The fraction of sp³-hybridized carbons (Fsp3) is 0.357. The lowest BCUT2D eigenvalue weighted by atomic mass is 10.1. The first kappa shape index (κ1) is 27.1. The molecule has 4 atom stereocenters. The van der Waals surface area contributed by atoms with E-state index in [-0.39, 0.29) is 18.0 Å². The monoisotopic (exact) mass is 563 g/mol. The lowest BCUT2D eigenvalue weighted by molar-refractivity contribution is -0.174. The van der Waals surface area contributed by atoms with Gasteiger partial charge in [-0.2, -0.15) is 17.2 Å². The highest BCUT2D eigenvalue weighted by atomic mass is 32.2. The molecule has 1 N–H and O–H groups in total. The standard InChI is InChI=1S/C28H28F2O6S2/c1-19(28(29,30)38(31,32)33)34-21-13-17-24(18-14-21)37(22-7-4-3-5-8-22)23-15-11-20(12-16-23)27(2)35-25-9-6-10-26(25)36-27/h3-5,7-8,11-19,25-26H,6,9-10H2,1-2H3/p+1. The van der Waals surface area contributed by atoms with Crippen molar-refractivity contribution in [2.24, 2.45) is 0 Å². The number of benzene rings is 3. The minimum Gasteiger partial charge on any atom is -0.483 e. The van der Waals surface area contributed by atoms with Gasteiger partial charge in [-0.1, -0.05) is 18.2 Å². The summed E-state index contributed by atoms with van der Waals surface area (Å²) in [5, 5.41) is -4.44. The van der Waals surface area contributed by atoms with Crippen LogP contribution in [0.3, 0.4) is 0 Å². The molecule has 0 aromatic heterocycles. The maximum Gasteiger partial charge on any atom is 0.405 e. The average Bonchev–Trinajstić information content (AvgIpc) is 3.45. The van der Waals surface area contributed by atoms with Gasteiger partial charge in [-0.15, -0.1) is 0 Å². The van der Waals surface area contributed by atoms with Crippen molar-refractivity contribution in [3.05, 3.63) is 84.4 Å². The lowest BCUT2D eigenvalue weighted by Gasteiger charge is -2.25. The van der Waals surface area contributed by atoms with E-state index in [9.17, 15) is 17.2 Å². The van der Waals surface area contributed by atoms with Gasteiger partial charge < -0.3 is 14.2 Å². The maximum absolute atomic E-state index is 13.9. The average molecular weight is 564 g/mol. The van der Waals surface area contributed by atoms with Gasteiger partial charge in [0.25, 0.3) is 0 Å². The van der Waals surface area contributed by atoms with Crippen molar-refractivity contribution in [2.45, 2.75) is 77.1 Å². The van der Waals surface area contributed by atoms with Crippen LogP contribution in [-0.2, 0) is 36.3 Å². The third-order valence-electron chi connectivity index (χ3n) is 6.93. The SMILES string of the molecule is CC(Oc1ccc([S+](c2ccccc2)c2ccc(C3(C)OC4CCCC4O3)cc2)cc1)C(F)(F)S(=O)(=O)O. The Morgan fingerprint density at radius 3 is 1.95 bits per heavy atom. The van der Waals surface area contributed by atoms with Gasteiger partial charge >= 0.3 is 15.4 Å². The Hall–Kier alpha value is -2.50. The van der Waals surface area contributed by atoms with E-state index >= 15 is 0 Å².